The van der Waals surface area contributed by atoms with Crippen LogP contribution in [-0.4, -0.2) is 9.78 Å². The molecule has 0 aliphatic carbocycles. The van der Waals surface area contributed by atoms with Gasteiger partial charge >= 0.3 is 0 Å². The van der Waals surface area contributed by atoms with Gasteiger partial charge in [0.05, 0.1) is 30.1 Å². The summed E-state index contributed by atoms with van der Waals surface area (Å²) < 4.78 is 14.4. The summed E-state index contributed by atoms with van der Waals surface area (Å²) in [5.74, 6) is -0.328. The first-order chi connectivity index (χ1) is 10.7. The molecule has 0 spiro atoms. The summed E-state index contributed by atoms with van der Waals surface area (Å²) in [5, 5.41) is 14.3. The Hall–Kier alpha value is -3.00. The number of benzene rings is 2. The van der Waals surface area contributed by atoms with Gasteiger partial charge in [-0.15, -0.1) is 0 Å². The fraction of sp³-hybridized carbons (Fsp3) is 0.118. The van der Waals surface area contributed by atoms with Crippen molar-refractivity contribution >= 4 is 10.8 Å². The Morgan fingerprint density at radius 3 is 2.45 bits per heavy atom. The van der Waals surface area contributed by atoms with Crippen molar-refractivity contribution in [3.05, 3.63) is 64.7 Å². The summed E-state index contributed by atoms with van der Waals surface area (Å²) in [6, 6.07) is 15.1. The van der Waals surface area contributed by atoms with E-state index in [1.807, 2.05) is 18.2 Å². The lowest BCUT2D eigenvalue weighted by Gasteiger charge is -2.10. The molecule has 5 heteroatoms. The fourth-order valence-corrected chi connectivity index (χ4v) is 2.36. The van der Waals surface area contributed by atoms with Crippen molar-refractivity contribution in [2.45, 2.75) is 13.0 Å². The molecule has 0 bridgehead atoms. The van der Waals surface area contributed by atoms with Gasteiger partial charge in [0.25, 0.3) is 5.56 Å². The van der Waals surface area contributed by atoms with E-state index in [2.05, 4.69) is 5.10 Å². The largest absolute Gasteiger partial charge is 0.274 e. The average molecular weight is 293 g/mol. The van der Waals surface area contributed by atoms with Crippen LogP contribution in [0.2, 0.25) is 0 Å². The third-order valence-electron chi connectivity index (χ3n) is 3.42. The number of hydrogen-bond donors (Lipinski definition) is 0. The van der Waals surface area contributed by atoms with Crippen molar-refractivity contribution < 1.29 is 4.39 Å². The maximum Gasteiger partial charge on any atom is 0.274 e. The maximum atomic E-state index is 13.1. The van der Waals surface area contributed by atoms with Gasteiger partial charge in [-0.3, -0.25) is 4.79 Å². The van der Waals surface area contributed by atoms with E-state index in [4.69, 9.17) is 5.26 Å². The van der Waals surface area contributed by atoms with Crippen LogP contribution in [0.3, 0.4) is 0 Å². The third kappa shape index (κ3) is 2.47. The van der Waals surface area contributed by atoms with E-state index in [1.165, 1.54) is 16.8 Å². The van der Waals surface area contributed by atoms with Crippen LogP contribution in [0, 0.1) is 17.1 Å². The van der Waals surface area contributed by atoms with E-state index >= 15 is 0 Å². The molecular formula is C17H12FN3O. The molecule has 0 N–H and O–H groups in total. The second-order valence-electron chi connectivity index (χ2n) is 4.84. The summed E-state index contributed by atoms with van der Waals surface area (Å²) in [7, 11) is 0. The first-order valence-corrected chi connectivity index (χ1v) is 6.83. The monoisotopic (exact) mass is 293 g/mol. The molecule has 0 unspecified atom stereocenters. The van der Waals surface area contributed by atoms with Crippen molar-refractivity contribution in [3.8, 4) is 17.3 Å². The first-order valence-electron chi connectivity index (χ1n) is 6.83. The minimum absolute atomic E-state index is 0.202. The van der Waals surface area contributed by atoms with Gasteiger partial charge in [-0.05, 0) is 30.3 Å². The molecule has 0 amide bonds. The van der Waals surface area contributed by atoms with Gasteiger partial charge in [0.2, 0.25) is 0 Å². The Morgan fingerprint density at radius 1 is 1.09 bits per heavy atom. The Balaban J connectivity index is 2.28. The van der Waals surface area contributed by atoms with Crippen molar-refractivity contribution in [1.82, 2.24) is 9.78 Å². The van der Waals surface area contributed by atoms with Crippen molar-refractivity contribution in [2.24, 2.45) is 0 Å². The van der Waals surface area contributed by atoms with E-state index in [0.717, 1.165) is 5.56 Å². The highest BCUT2D eigenvalue weighted by Crippen LogP contribution is 2.24. The quantitative estimate of drug-likeness (QED) is 0.745. The van der Waals surface area contributed by atoms with Gasteiger partial charge in [0.1, 0.15) is 5.82 Å². The standard InChI is InChI=1S/C17H12FN3O/c18-13-8-6-12(7-9-13)16-14-4-1-2-5-15(14)17(22)21(20-16)11-3-10-19/h1-2,4-9H,3,11H2. The lowest BCUT2D eigenvalue weighted by atomic mass is 10.1. The van der Waals surface area contributed by atoms with Crippen LogP contribution in [0.25, 0.3) is 22.0 Å². The second kappa shape index (κ2) is 5.78. The number of fused-ring (bicyclic) bond motifs is 1. The van der Waals surface area contributed by atoms with E-state index in [0.29, 0.717) is 16.5 Å². The lowest BCUT2D eigenvalue weighted by Crippen LogP contribution is -2.23. The van der Waals surface area contributed by atoms with Gasteiger partial charge < -0.3 is 0 Å². The Morgan fingerprint density at radius 2 is 1.77 bits per heavy atom. The highest BCUT2D eigenvalue weighted by atomic mass is 19.1. The van der Waals surface area contributed by atoms with Crippen LogP contribution in [0.1, 0.15) is 6.42 Å². The highest BCUT2D eigenvalue weighted by Gasteiger charge is 2.11. The molecule has 22 heavy (non-hydrogen) atoms. The molecule has 0 aliphatic rings. The molecule has 0 saturated heterocycles. The smallest absolute Gasteiger partial charge is 0.267 e. The third-order valence-corrected chi connectivity index (χ3v) is 3.42. The molecule has 1 aromatic heterocycles. The number of halogens is 1. The summed E-state index contributed by atoms with van der Waals surface area (Å²) in [6.07, 6.45) is 0.202. The molecule has 108 valence electrons. The molecule has 3 aromatic rings. The fourth-order valence-electron chi connectivity index (χ4n) is 2.36. The van der Waals surface area contributed by atoms with Crippen molar-refractivity contribution in [1.29, 1.82) is 5.26 Å². The van der Waals surface area contributed by atoms with Gasteiger partial charge in [-0.1, -0.05) is 18.2 Å². The number of nitrogens with zero attached hydrogens (tertiary/aromatic N) is 3. The minimum atomic E-state index is -0.328. The van der Waals surface area contributed by atoms with Crippen LogP contribution in [-0.2, 0) is 6.54 Å². The van der Waals surface area contributed by atoms with E-state index < -0.39 is 0 Å². The Kier molecular flexibility index (Phi) is 3.67. The number of hydrogen-bond acceptors (Lipinski definition) is 3. The molecule has 0 aliphatic heterocycles. The second-order valence-corrected chi connectivity index (χ2v) is 4.84. The number of rotatable bonds is 3. The molecular weight excluding hydrogens is 281 g/mol. The molecule has 4 nitrogen and oxygen atoms in total. The molecule has 3 rings (SSSR count). The molecule has 2 aromatic carbocycles. The Bertz CT molecular complexity index is 923. The first kappa shape index (κ1) is 14.0. The maximum absolute atomic E-state index is 13.1. The predicted octanol–water partition coefficient (Wildman–Crippen LogP) is 3.12. The van der Waals surface area contributed by atoms with Gasteiger partial charge in [0, 0.05) is 10.9 Å². The average Bonchev–Trinajstić information content (AvgIpc) is 2.55. The van der Waals surface area contributed by atoms with E-state index in [-0.39, 0.29) is 24.3 Å². The zero-order valence-corrected chi connectivity index (χ0v) is 11.7. The topological polar surface area (TPSA) is 58.7 Å². The Labute approximate surface area is 126 Å². The molecule has 0 radical (unpaired) electrons. The molecule has 0 fully saturated rings. The zero-order valence-electron chi connectivity index (χ0n) is 11.7. The van der Waals surface area contributed by atoms with Crippen molar-refractivity contribution in [2.75, 3.05) is 0 Å². The summed E-state index contributed by atoms with van der Waals surface area (Å²) in [4.78, 5) is 12.4. The van der Waals surface area contributed by atoms with Gasteiger partial charge in [-0.25, -0.2) is 9.07 Å². The number of aryl methyl sites for hydroxylation is 1. The molecule has 1 heterocycles. The number of aromatic nitrogens is 2. The SMILES string of the molecule is N#CCCn1nc(-c2ccc(F)cc2)c2ccccc2c1=O. The summed E-state index contributed by atoms with van der Waals surface area (Å²) in [6.45, 7) is 0.231. The summed E-state index contributed by atoms with van der Waals surface area (Å²) in [5.41, 5.74) is 1.10. The van der Waals surface area contributed by atoms with Gasteiger partial charge in [0.15, 0.2) is 0 Å². The molecule has 0 atom stereocenters. The van der Waals surface area contributed by atoms with Crippen LogP contribution < -0.4 is 5.56 Å². The lowest BCUT2D eigenvalue weighted by molar-refractivity contribution is 0.598. The highest BCUT2D eigenvalue weighted by molar-refractivity contribution is 5.93. The predicted molar refractivity (Wildman–Crippen MR) is 81.6 cm³/mol. The zero-order chi connectivity index (χ0) is 15.5. The van der Waals surface area contributed by atoms with Crippen LogP contribution >= 0.6 is 0 Å². The summed E-state index contributed by atoms with van der Waals surface area (Å²) >= 11 is 0. The molecule has 0 saturated carbocycles. The van der Waals surface area contributed by atoms with Crippen molar-refractivity contribution in [3.63, 3.8) is 0 Å². The van der Waals surface area contributed by atoms with Crippen LogP contribution in [0.4, 0.5) is 4.39 Å². The van der Waals surface area contributed by atoms with Crippen LogP contribution in [0.5, 0.6) is 0 Å². The normalized spacial score (nSPS) is 10.5. The number of nitriles is 1. The van der Waals surface area contributed by atoms with E-state index in [1.54, 1.807) is 24.3 Å². The van der Waals surface area contributed by atoms with Crippen LogP contribution in [0.15, 0.2) is 53.3 Å². The van der Waals surface area contributed by atoms with E-state index in [9.17, 15) is 9.18 Å². The van der Waals surface area contributed by atoms with Gasteiger partial charge in [-0.2, -0.15) is 10.4 Å². The minimum Gasteiger partial charge on any atom is -0.267 e.